The highest BCUT2D eigenvalue weighted by molar-refractivity contribution is 5.31. The van der Waals surface area contributed by atoms with Crippen molar-refractivity contribution >= 4 is 0 Å². The van der Waals surface area contributed by atoms with Crippen LogP contribution in [0.15, 0.2) is 18.2 Å². The van der Waals surface area contributed by atoms with E-state index in [0.29, 0.717) is 6.42 Å². The summed E-state index contributed by atoms with van der Waals surface area (Å²) in [6.45, 7) is 3.64. The molecule has 0 radical (unpaired) electrons. The fourth-order valence-electron chi connectivity index (χ4n) is 1.72. The molecule has 1 aromatic rings. The molecule has 1 unspecified atom stereocenters. The lowest BCUT2D eigenvalue weighted by Crippen LogP contribution is -2.31. The van der Waals surface area contributed by atoms with Crippen molar-refractivity contribution in [1.82, 2.24) is 0 Å². The van der Waals surface area contributed by atoms with E-state index < -0.39 is 30.1 Å². The van der Waals surface area contributed by atoms with Gasteiger partial charge in [0.1, 0.15) is 0 Å². The lowest BCUT2D eigenvalue weighted by molar-refractivity contribution is -0.275. The summed E-state index contributed by atoms with van der Waals surface area (Å²) in [7, 11) is 0. The van der Waals surface area contributed by atoms with E-state index in [2.05, 4.69) is 4.74 Å². The molecule has 0 saturated heterocycles. The Labute approximate surface area is 114 Å². The summed E-state index contributed by atoms with van der Waals surface area (Å²) in [4.78, 5) is 0. The van der Waals surface area contributed by atoms with Crippen LogP contribution in [0.1, 0.15) is 31.9 Å². The third-order valence-electron chi connectivity index (χ3n) is 3.16. The van der Waals surface area contributed by atoms with E-state index in [-0.39, 0.29) is 11.5 Å². The minimum Gasteiger partial charge on any atom is -0.403 e. The molecule has 0 aliphatic rings. The number of ether oxygens (including phenoxy) is 1. The maximum Gasteiger partial charge on any atom is 0.573 e. The molecule has 20 heavy (non-hydrogen) atoms. The average Bonchev–Trinajstić information content (AvgIpc) is 2.37. The summed E-state index contributed by atoms with van der Waals surface area (Å²) in [5, 5.41) is 9.93. The van der Waals surface area contributed by atoms with Gasteiger partial charge in [0.05, 0.1) is 12.1 Å². The Morgan fingerprint density at radius 2 is 1.95 bits per heavy atom. The van der Waals surface area contributed by atoms with Gasteiger partial charge in [-0.15, -0.1) is 13.2 Å². The van der Waals surface area contributed by atoms with Crippen LogP contribution >= 0.6 is 0 Å². The van der Waals surface area contributed by atoms with Gasteiger partial charge in [-0.1, -0.05) is 26.3 Å². The molecule has 0 amide bonds. The van der Waals surface area contributed by atoms with Gasteiger partial charge in [0.25, 0.3) is 0 Å². The molecular formula is C13H17F4NO2. The second kappa shape index (κ2) is 6.41. The van der Waals surface area contributed by atoms with Crippen LogP contribution in [0.4, 0.5) is 17.6 Å². The molecule has 1 aromatic carbocycles. The number of nitrogens with two attached hydrogens (primary N) is 1. The van der Waals surface area contributed by atoms with Gasteiger partial charge < -0.3 is 15.6 Å². The largest absolute Gasteiger partial charge is 0.573 e. The summed E-state index contributed by atoms with van der Waals surface area (Å²) in [5.74, 6) is -2.21. The number of alkyl halides is 3. The zero-order chi connectivity index (χ0) is 15.5. The molecular weight excluding hydrogens is 278 g/mol. The number of benzene rings is 1. The maximum atomic E-state index is 13.5. The van der Waals surface area contributed by atoms with E-state index in [4.69, 9.17) is 5.73 Å². The third kappa shape index (κ3) is 4.35. The Morgan fingerprint density at radius 3 is 2.40 bits per heavy atom. The Balaban J connectivity index is 2.92. The average molecular weight is 295 g/mol. The summed E-state index contributed by atoms with van der Waals surface area (Å²) in [6.07, 6.45) is -5.19. The highest BCUT2D eigenvalue weighted by Crippen LogP contribution is 2.29. The van der Waals surface area contributed by atoms with Crippen LogP contribution in [-0.2, 0) is 0 Å². The van der Waals surface area contributed by atoms with Gasteiger partial charge in [0, 0.05) is 0 Å². The molecule has 7 heteroatoms. The number of hydrogen-bond donors (Lipinski definition) is 2. The number of aliphatic hydroxyl groups is 1. The molecule has 0 aliphatic carbocycles. The summed E-state index contributed by atoms with van der Waals surface area (Å²) < 4.78 is 53.1. The van der Waals surface area contributed by atoms with E-state index >= 15 is 0 Å². The minimum absolute atomic E-state index is 0.112. The highest BCUT2D eigenvalue weighted by atomic mass is 19.4. The van der Waals surface area contributed by atoms with Crippen molar-refractivity contribution < 1.29 is 27.4 Å². The first-order valence-electron chi connectivity index (χ1n) is 6.14. The first kappa shape index (κ1) is 16.7. The van der Waals surface area contributed by atoms with Crippen LogP contribution < -0.4 is 10.5 Å². The van der Waals surface area contributed by atoms with E-state index in [1.54, 1.807) is 6.92 Å². The Kier molecular flexibility index (Phi) is 5.35. The standard InChI is InChI=1S/C13H17F4NO2/c1-3-7(2)12(19)11(18)8-4-5-10(9(14)6-8)20-13(15,16)17/h4-7,11-12,19H,3,18H2,1-2H3/t7?,11-,12+/m1/s1. The second-order valence-corrected chi connectivity index (χ2v) is 4.64. The fraction of sp³-hybridized carbons (Fsp3) is 0.538. The van der Waals surface area contributed by atoms with Gasteiger partial charge in [0.15, 0.2) is 11.6 Å². The normalized spacial score (nSPS) is 16.6. The van der Waals surface area contributed by atoms with Gasteiger partial charge in [-0.2, -0.15) is 0 Å². The summed E-state index contributed by atoms with van der Waals surface area (Å²) >= 11 is 0. The Morgan fingerprint density at radius 1 is 1.35 bits per heavy atom. The van der Waals surface area contributed by atoms with E-state index in [0.717, 1.165) is 12.1 Å². The van der Waals surface area contributed by atoms with Crippen LogP contribution in [0.5, 0.6) is 5.75 Å². The molecule has 0 fully saturated rings. The van der Waals surface area contributed by atoms with Crippen molar-refractivity contribution in [3.05, 3.63) is 29.6 Å². The zero-order valence-corrected chi connectivity index (χ0v) is 11.1. The summed E-state index contributed by atoms with van der Waals surface area (Å²) in [5.41, 5.74) is 5.99. The minimum atomic E-state index is -4.96. The first-order valence-corrected chi connectivity index (χ1v) is 6.14. The van der Waals surface area contributed by atoms with Crippen molar-refractivity contribution in [2.75, 3.05) is 0 Å². The number of halogens is 4. The van der Waals surface area contributed by atoms with Gasteiger partial charge in [-0.3, -0.25) is 0 Å². The van der Waals surface area contributed by atoms with Crippen molar-refractivity contribution in [2.45, 2.75) is 38.8 Å². The van der Waals surface area contributed by atoms with Crippen LogP contribution in [0.25, 0.3) is 0 Å². The molecule has 0 saturated carbocycles. The van der Waals surface area contributed by atoms with Crippen molar-refractivity contribution in [1.29, 1.82) is 0 Å². The lowest BCUT2D eigenvalue weighted by Gasteiger charge is -2.24. The summed E-state index contributed by atoms with van der Waals surface area (Å²) in [6, 6.07) is 2.03. The third-order valence-corrected chi connectivity index (χ3v) is 3.16. The Bertz CT molecular complexity index is 450. The smallest absolute Gasteiger partial charge is 0.403 e. The predicted molar refractivity (Wildman–Crippen MR) is 65.5 cm³/mol. The quantitative estimate of drug-likeness (QED) is 0.821. The van der Waals surface area contributed by atoms with Crippen LogP contribution in [0, 0.1) is 11.7 Å². The van der Waals surface area contributed by atoms with E-state index in [1.807, 2.05) is 6.92 Å². The fourth-order valence-corrected chi connectivity index (χ4v) is 1.72. The molecule has 1 rings (SSSR count). The number of aliphatic hydroxyl groups excluding tert-OH is 1. The van der Waals surface area contributed by atoms with E-state index in [9.17, 15) is 22.7 Å². The van der Waals surface area contributed by atoms with Crippen molar-refractivity contribution in [3.8, 4) is 5.75 Å². The monoisotopic (exact) mass is 295 g/mol. The van der Waals surface area contributed by atoms with E-state index in [1.165, 1.54) is 6.07 Å². The topological polar surface area (TPSA) is 55.5 Å². The first-order chi connectivity index (χ1) is 9.15. The highest BCUT2D eigenvalue weighted by Gasteiger charge is 2.32. The molecule has 0 aromatic heterocycles. The lowest BCUT2D eigenvalue weighted by atomic mass is 9.91. The van der Waals surface area contributed by atoms with Gasteiger partial charge in [-0.05, 0) is 23.6 Å². The molecule has 0 heterocycles. The molecule has 3 atom stereocenters. The molecule has 0 aliphatic heterocycles. The molecule has 0 bridgehead atoms. The van der Waals surface area contributed by atoms with Gasteiger partial charge >= 0.3 is 6.36 Å². The number of rotatable bonds is 5. The van der Waals surface area contributed by atoms with Crippen molar-refractivity contribution in [2.24, 2.45) is 11.7 Å². The molecule has 3 N–H and O–H groups in total. The van der Waals surface area contributed by atoms with Gasteiger partial charge in [0.2, 0.25) is 0 Å². The Hall–Kier alpha value is -1.34. The SMILES string of the molecule is CCC(C)[C@H](O)[C@H](N)c1ccc(OC(F)(F)F)c(F)c1. The predicted octanol–water partition coefficient (Wildman–Crippen LogP) is 3.13. The molecule has 3 nitrogen and oxygen atoms in total. The van der Waals surface area contributed by atoms with Crippen LogP contribution in [0.3, 0.4) is 0 Å². The van der Waals surface area contributed by atoms with Gasteiger partial charge in [-0.25, -0.2) is 4.39 Å². The maximum absolute atomic E-state index is 13.5. The molecule has 0 spiro atoms. The number of hydrogen-bond acceptors (Lipinski definition) is 3. The molecule has 114 valence electrons. The van der Waals surface area contributed by atoms with Crippen LogP contribution in [-0.4, -0.2) is 17.6 Å². The van der Waals surface area contributed by atoms with Crippen molar-refractivity contribution in [3.63, 3.8) is 0 Å². The zero-order valence-electron chi connectivity index (χ0n) is 11.1. The van der Waals surface area contributed by atoms with Crippen LogP contribution in [0.2, 0.25) is 0 Å². The second-order valence-electron chi connectivity index (χ2n) is 4.64.